The number of nitrogens with zero attached hydrogens (tertiary/aromatic N) is 1. The van der Waals surface area contributed by atoms with Crippen LogP contribution in [0, 0.1) is 11.3 Å². The summed E-state index contributed by atoms with van der Waals surface area (Å²) in [6.45, 7) is 10.3. The molecule has 4 nitrogen and oxygen atoms in total. The van der Waals surface area contributed by atoms with Gasteiger partial charge in [0.15, 0.2) is 0 Å². The summed E-state index contributed by atoms with van der Waals surface area (Å²) in [5, 5.41) is 3.06. The maximum Gasteiger partial charge on any atom is 0.227 e. The number of unbranched alkanes of at least 4 members (excludes halogenated alkanes) is 4. The summed E-state index contributed by atoms with van der Waals surface area (Å²) in [4.78, 5) is 26.3. The fraction of sp³-hybridized carbons (Fsp3) is 0.889. The maximum absolute atomic E-state index is 12.2. The van der Waals surface area contributed by atoms with Gasteiger partial charge in [-0.3, -0.25) is 9.59 Å². The van der Waals surface area contributed by atoms with Crippen molar-refractivity contribution in [1.82, 2.24) is 10.2 Å². The number of amides is 2. The number of likely N-dealkylation sites (tertiary alicyclic amines) is 1. The SMILES string of the molecule is CCCCCCCNC(=O)C1CCN(C(=O)C(C)(C)C)CC1. The molecule has 1 rings (SSSR count). The smallest absolute Gasteiger partial charge is 0.227 e. The Balaban J connectivity index is 2.21. The summed E-state index contributed by atoms with van der Waals surface area (Å²) >= 11 is 0. The molecule has 0 aromatic rings. The Morgan fingerprint density at radius 2 is 1.64 bits per heavy atom. The number of nitrogens with one attached hydrogen (secondary N) is 1. The topological polar surface area (TPSA) is 49.4 Å². The first-order chi connectivity index (χ1) is 10.4. The van der Waals surface area contributed by atoms with Crippen LogP contribution in [0.15, 0.2) is 0 Å². The summed E-state index contributed by atoms with van der Waals surface area (Å²) in [5.41, 5.74) is -0.326. The molecule has 1 heterocycles. The lowest BCUT2D eigenvalue weighted by Gasteiger charge is -2.35. The summed E-state index contributed by atoms with van der Waals surface area (Å²) in [6.07, 6.45) is 7.67. The number of hydrogen-bond donors (Lipinski definition) is 1. The molecule has 0 aliphatic carbocycles. The standard InChI is InChI=1S/C18H34N2O2/c1-5-6-7-8-9-12-19-16(21)15-10-13-20(14-11-15)17(22)18(2,3)4/h15H,5-14H2,1-4H3,(H,19,21). The van der Waals surface area contributed by atoms with Crippen LogP contribution in [-0.2, 0) is 9.59 Å². The minimum Gasteiger partial charge on any atom is -0.356 e. The molecule has 0 radical (unpaired) electrons. The molecule has 0 spiro atoms. The van der Waals surface area contributed by atoms with Crippen molar-refractivity contribution in [3.63, 3.8) is 0 Å². The number of rotatable bonds is 7. The van der Waals surface area contributed by atoms with Gasteiger partial charge in [0.25, 0.3) is 0 Å². The van der Waals surface area contributed by atoms with Crippen molar-refractivity contribution in [2.24, 2.45) is 11.3 Å². The summed E-state index contributed by atoms with van der Waals surface area (Å²) in [5.74, 6) is 0.459. The molecule has 1 aliphatic heterocycles. The zero-order chi connectivity index (χ0) is 16.6. The zero-order valence-corrected chi connectivity index (χ0v) is 14.9. The Morgan fingerprint density at radius 3 is 2.18 bits per heavy atom. The Bertz CT molecular complexity index is 353. The largest absolute Gasteiger partial charge is 0.356 e. The molecule has 1 N–H and O–H groups in total. The summed E-state index contributed by atoms with van der Waals surface area (Å²) in [7, 11) is 0. The third kappa shape index (κ3) is 6.37. The van der Waals surface area contributed by atoms with E-state index in [0.717, 1.165) is 25.8 Å². The molecule has 2 amide bonds. The molecule has 0 bridgehead atoms. The molecule has 1 saturated heterocycles. The molecule has 0 atom stereocenters. The first-order valence-electron chi connectivity index (χ1n) is 8.93. The van der Waals surface area contributed by atoms with Gasteiger partial charge in [0.1, 0.15) is 0 Å². The monoisotopic (exact) mass is 310 g/mol. The molecule has 1 aliphatic rings. The van der Waals surface area contributed by atoms with E-state index in [0.29, 0.717) is 13.1 Å². The molecular weight excluding hydrogens is 276 g/mol. The van der Waals surface area contributed by atoms with Crippen molar-refractivity contribution in [2.45, 2.75) is 72.6 Å². The summed E-state index contributed by atoms with van der Waals surface area (Å²) in [6, 6.07) is 0. The van der Waals surface area contributed by atoms with Crippen LogP contribution in [0.25, 0.3) is 0 Å². The molecule has 0 aromatic heterocycles. The quantitative estimate of drug-likeness (QED) is 0.733. The average molecular weight is 310 g/mol. The highest BCUT2D eigenvalue weighted by Gasteiger charge is 2.32. The van der Waals surface area contributed by atoms with Gasteiger partial charge >= 0.3 is 0 Å². The third-order valence-corrected chi connectivity index (χ3v) is 4.37. The highest BCUT2D eigenvalue weighted by atomic mass is 16.2. The predicted octanol–water partition coefficient (Wildman–Crippen LogP) is 3.36. The van der Waals surface area contributed by atoms with Crippen molar-refractivity contribution < 1.29 is 9.59 Å². The van der Waals surface area contributed by atoms with E-state index < -0.39 is 0 Å². The van der Waals surface area contributed by atoms with E-state index in [4.69, 9.17) is 0 Å². The van der Waals surface area contributed by atoms with Crippen LogP contribution >= 0.6 is 0 Å². The first-order valence-corrected chi connectivity index (χ1v) is 8.93. The Hall–Kier alpha value is -1.06. The minimum atomic E-state index is -0.326. The molecular formula is C18H34N2O2. The number of hydrogen-bond acceptors (Lipinski definition) is 2. The van der Waals surface area contributed by atoms with E-state index in [-0.39, 0.29) is 23.1 Å². The van der Waals surface area contributed by atoms with Crippen LogP contribution in [0.5, 0.6) is 0 Å². The predicted molar refractivity (Wildman–Crippen MR) is 90.5 cm³/mol. The van der Waals surface area contributed by atoms with Gasteiger partial charge in [0.2, 0.25) is 11.8 Å². The third-order valence-electron chi connectivity index (χ3n) is 4.37. The van der Waals surface area contributed by atoms with E-state index >= 15 is 0 Å². The van der Waals surface area contributed by atoms with Crippen LogP contribution in [0.3, 0.4) is 0 Å². The van der Waals surface area contributed by atoms with Gasteiger partial charge in [-0.2, -0.15) is 0 Å². The average Bonchev–Trinajstić information content (AvgIpc) is 2.49. The van der Waals surface area contributed by atoms with Gasteiger partial charge < -0.3 is 10.2 Å². The molecule has 0 saturated carbocycles. The lowest BCUT2D eigenvalue weighted by molar-refractivity contribution is -0.142. The van der Waals surface area contributed by atoms with Crippen LogP contribution < -0.4 is 5.32 Å². The Kier molecular flexibility index (Phi) is 7.91. The number of piperidine rings is 1. The van der Waals surface area contributed by atoms with Crippen molar-refractivity contribution >= 4 is 11.8 Å². The molecule has 0 unspecified atom stereocenters. The van der Waals surface area contributed by atoms with Crippen molar-refractivity contribution in [1.29, 1.82) is 0 Å². The normalized spacial score (nSPS) is 16.6. The fourth-order valence-electron chi connectivity index (χ4n) is 2.90. The highest BCUT2D eigenvalue weighted by molar-refractivity contribution is 5.82. The highest BCUT2D eigenvalue weighted by Crippen LogP contribution is 2.23. The summed E-state index contributed by atoms with van der Waals surface area (Å²) < 4.78 is 0. The fourth-order valence-corrected chi connectivity index (χ4v) is 2.90. The van der Waals surface area contributed by atoms with E-state index in [1.165, 1.54) is 25.7 Å². The van der Waals surface area contributed by atoms with Gasteiger partial charge in [0, 0.05) is 31.0 Å². The van der Waals surface area contributed by atoms with E-state index in [2.05, 4.69) is 12.2 Å². The van der Waals surface area contributed by atoms with Gasteiger partial charge in [-0.05, 0) is 19.3 Å². The van der Waals surface area contributed by atoms with Crippen molar-refractivity contribution in [3.05, 3.63) is 0 Å². The van der Waals surface area contributed by atoms with Crippen LogP contribution in [0.2, 0.25) is 0 Å². The van der Waals surface area contributed by atoms with E-state index in [9.17, 15) is 9.59 Å². The number of carbonyl (C=O) groups excluding carboxylic acids is 2. The Labute approximate surface area is 136 Å². The lowest BCUT2D eigenvalue weighted by atomic mass is 9.90. The van der Waals surface area contributed by atoms with Crippen molar-refractivity contribution in [3.8, 4) is 0 Å². The van der Waals surface area contributed by atoms with Gasteiger partial charge in [-0.1, -0.05) is 53.4 Å². The minimum absolute atomic E-state index is 0.0830. The van der Waals surface area contributed by atoms with Crippen molar-refractivity contribution in [2.75, 3.05) is 19.6 Å². The van der Waals surface area contributed by atoms with E-state index in [1.54, 1.807) is 0 Å². The maximum atomic E-state index is 12.2. The molecule has 128 valence electrons. The second-order valence-electron chi connectivity index (χ2n) is 7.52. The van der Waals surface area contributed by atoms with Crippen LogP contribution in [-0.4, -0.2) is 36.3 Å². The molecule has 4 heteroatoms. The van der Waals surface area contributed by atoms with Gasteiger partial charge in [0.05, 0.1) is 0 Å². The van der Waals surface area contributed by atoms with Crippen LogP contribution in [0.1, 0.15) is 72.6 Å². The van der Waals surface area contributed by atoms with Gasteiger partial charge in [-0.15, -0.1) is 0 Å². The molecule has 1 fully saturated rings. The zero-order valence-electron chi connectivity index (χ0n) is 14.9. The second-order valence-corrected chi connectivity index (χ2v) is 7.52. The lowest BCUT2D eigenvalue weighted by Crippen LogP contribution is -2.46. The van der Waals surface area contributed by atoms with Gasteiger partial charge in [-0.25, -0.2) is 0 Å². The molecule has 22 heavy (non-hydrogen) atoms. The second kappa shape index (κ2) is 9.16. The molecule has 0 aromatic carbocycles. The van der Waals surface area contributed by atoms with E-state index in [1.807, 2.05) is 25.7 Å². The van der Waals surface area contributed by atoms with Crippen LogP contribution in [0.4, 0.5) is 0 Å². The first kappa shape index (κ1) is 19.0. The Morgan fingerprint density at radius 1 is 1.05 bits per heavy atom. The number of carbonyl (C=O) groups is 2.